The van der Waals surface area contributed by atoms with Crippen molar-refractivity contribution in [2.24, 2.45) is 0 Å². The molecule has 5 rings (SSSR count). The first-order valence-corrected chi connectivity index (χ1v) is 10.8. The van der Waals surface area contributed by atoms with Crippen molar-refractivity contribution in [1.29, 1.82) is 0 Å². The van der Waals surface area contributed by atoms with Crippen LogP contribution in [0.3, 0.4) is 0 Å². The lowest BCUT2D eigenvalue weighted by Gasteiger charge is -2.22. The van der Waals surface area contributed by atoms with Crippen LogP contribution in [0.1, 0.15) is 49.7 Å². The predicted molar refractivity (Wildman–Crippen MR) is 121 cm³/mol. The van der Waals surface area contributed by atoms with Crippen molar-refractivity contribution >= 4 is 5.65 Å². The first-order chi connectivity index (χ1) is 14.9. The van der Waals surface area contributed by atoms with Gasteiger partial charge < -0.3 is 4.74 Å². The predicted octanol–water partition coefficient (Wildman–Crippen LogP) is 5.01. The average Bonchev–Trinajstić information content (AvgIpc) is 3.57. The van der Waals surface area contributed by atoms with Gasteiger partial charge in [0.2, 0.25) is 0 Å². The molecule has 0 spiro atoms. The van der Waals surface area contributed by atoms with Gasteiger partial charge in [0.05, 0.1) is 22.7 Å². The van der Waals surface area contributed by atoms with E-state index in [-0.39, 0.29) is 5.60 Å². The minimum absolute atomic E-state index is 0.242. The largest absolute Gasteiger partial charge is 0.378 e. The Bertz CT molecular complexity index is 1220. The van der Waals surface area contributed by atoms with E-state index in [1.807, 2.05) is 42.2 Å². The summed E-state index contributed by atoms with van der Waals surface area (Å²) in [6, 6.07) is 10.4. The van der Waals surface area contributed by atoms with Crippen molar-refractivity contribution in [2.45, 2.75) is 51.6 Å². The fourth-order valence-corrected chi connectivity index (χ4v) is 3.98. The first-order valence-electron chi connectivity index (χ1n) is 10.8. The Labute approximate surface area is 182 Å². The van der Waals surface area contributed by atoms with Crippen molar-refractivity contribution in [1.82, 2.24) is 24.6 Å². The van der Waals surface area contributed by atoms with Gasteiger partial charge in [-0.25, -0.2) is 9.50 Å². The maximum Gasteiger partial charge on any atom is 0.162 e. The zero-order valence-electron chi connectivity index (χ0n) is 18.5. The Kier molecular flexibility index (Phi) is 4.82. The van der Waals surface area contributed by atoms with Crippen LogP contribution in [0.2, 0.25) is 0 Å². The summed E-state index contributed by atoms with van der Waals surface area (Å²) >= 11 is 0. The van der Waals surface area contributed by atoms with Crippen molar-refractivity contribution in [3.05, 3.63) is 66.0 Å². The maximum absolute atomic E-state index is 5.55. The molecule has 0 saturated heterocycles. The molecule has 0 aliphatic heterocycles. The average molecular weight is 414 g/mol. The summed E-state index contributed by atoms with van der Waals surface area (Å²) in [6.45, 7) is 6.18. The molecule has 0 radical (unpaired) electrons. The van der Waals surface area contributed by atoms with Gasteiger partial charge in [-0.05, 0) is 69.5 Å². The van der Waals surface area contributed by atoms with Gasteiger partial charge >= 0.3 is 0 Å². The molecular formula is C25H27N5O. The molecule has 0 bridgehead atoms. The highest BCUT2D eigenvalue weighted by molar-refractivity contribution is 5.80. The van der Waals surface area contributed by atoms with Gasteiger partial charge in [0, 0.05) is 54.9 Å². The second-order valence-electron chi connectivity index (χ2n) is 8.95. The minimum atomic E-state index is -0.242. The van der Waals surface area contributed by atoms with E-state index in [1.165, 1.54) is 12.8 Å². The fraction of sp³-hybridized carbons (Fsp3) is 0.360. The van der Waals surface area contributed by atoms with E-state index in [1.54, 1.807) is 7.11 Å². The summed E-state index contributed by atoms with van der Waals surface area (Å²) in [5.41, 5.74) is 7.93. The standard InChI is InChI=1S/C25H27N5O/c1-16-23(19-7-8-20(27-15-19)14-25(2,3)31-4)30-24(28-16)21(17-9-11-26-12-10-17)13-22(29-30)18-5-6-18/h7-13,15,18H,5-6,14H2,1-4H3. The lowest BCUT2D eigenvalue weighted by Crippen LogP contribution is -2.25. The van der Waals surface area contributed by atoms with Gasteiger partial charge in [0.25, 0.3) is 0 Å². The molecule has 1 aliphatic rings. The van der Waals surface area contributed by atoms with Gasteiger partial charge in [0.1, 0.15) is 0 Å². The number of rotatable bonds is 6. The van der Waals surface area contributed by atoms with Crippen LogP contribution in [0.15, 0.2) is 48.9 Å². The van der Waals surface area contributed by atoms with Gasteiger partial charge in [-0.1, -0.05) is 0 Å². The van der Waals surface area contributed by atoms with Gasteiger partial charge in [0.15, 0.2) is 5.65 Å². The summed E-state index contributed by atoms with van der Waals surface area (Å²) < 4.78 is 7.56. The zero-order chi connectivity index (χ0) is 21.6. The summed E-state index contributed by atoms with van der Waals surface area (Å²) in [5.74, 6) is 0.539. The monoisotopic (exact) mass is 413 g/mol. The van der Waals surface area contributed by atoms with Gasteiger partial charge in [-0.3, -0.25) is 9.97 Å². The number of ether oxygens (including phenoxy) is 1. The summed E-state index contributed by atoms with van der Waals surface area (Å²) in [5, 5.41) is 5.01. The van der Waals surface area contributed by atoms with E-state index < -0.39 is 0 Å². The van der Waals surface area contributed by atoms with E-state index in [0.717, 1.165) is 51.5 Å². The lowest BCUT2D eigenvalue weighted by molar-refractivity contribution is 0.0224. The maximum atomic E-state index is 5.55. The van der Waals surface area contributed by atoms with E-state index in [0.29, 0.717) is 5.92 Å². The topological polar surface area (TPSA) is 65.2 Å². The number of hydrogen-bond acceptors (Lipinski definition) is 5. The molecule has 31 heavy (non-hydrogen) atoms. The number of fused-ring (bicyclic) bond motifs is 1. The SMILES string of the molecule is COC(C)(C)Cc1ccc(-c2c(C)nc3c(-c4ccncc4)cc(C4CC4)nn23)cn1. The molecule has 1 fully saturated rings. The van der Waals surface area contributed by atoms with Crippen LogP contribution in [0, 0.1) is 6.92 Å². The van der Waals surface area contributed by atoms with E-state index in [4.69, 9.17) is 19.8 Å². The Morgan fingerprint density at radius 3 is 2.52 bits per heavy atom. The molecule has 0 unspecified atom stereocenters. The quantitative estimate of drug-likeness (QED) is 0.445. The number of methoxy groups -OCH3 is 1. The smallest absolute Gasteiger partial charge is 0.162 e. The third kappa shape index (κ3) is 3.83. The second-order valence-corrected chi connectivity index (χ2v) is 8.95. The molecule has 0 N–H and O–H groups in total. The third-order valence-electron chi connectivity index (χ3n) is 6.02. The number of pyridine rings is 2. The number of hydrogen-bond donors (Lipinski definition) is 0. The Morgan fingerprint density at radius 2 is 1.87 bits per heavy atom. The number of imidazole rings is 1. The second kappa shape index (κ2) is 7.54. The van der Waals surface area contributed by atoms with Crippen LogP contribution >= 0.6 is 0 Å². The molecule has 0 atom stereocenters. The van der Waals surface area contributed by atoms with Crippen molar-refractivity contribution in [2.75, 3.05) is 7.11 Å². The molecule has 6 nitrogen and oxygen atoms in total. The molecule has 1 aliphatic carbocycles. The van der Waals surface area contributed by atoms with Crippen LogP contribution in [-0.2, 0) is 11.2 Å². The molecule has 6 heteroatoms. The summed E-state index contributed by atoms with van der Waals surface area (Å²) in [7, 11) is 1.74. The molecular weight excluding hydrogens is 386 g/mol. The van der Waals surface area contributed by atoms with Crippen LogP contribution in [0.5, 0.6) is 0 Å². The van der Waals surface area contributed by atoms with Gasteiger partial charge in [-0.15, -0.1) is 0 Å². The lowest BCUT2D eigenvalue weighted by atomic mass is 10.0. The number of nitrogens with zero attached hydrogens (tertiary/aromatic N) is 5. The molecule has 4 aromatic heterocycles. The molecule has 0 aromatic carbocycles. The Balaban J connectivity index is 1.63. The van der Waals surface area contributed by atoms with E-state index >= 15 is 0 Å². The highest BCUT2D eigenvalue weighted by Gasteiger charge is 2.28. The van der Waals surface area contributed by atoms with E-state index in [9.17, 15) is 0 Å². The van der Waals surface area contributed by atoms with Crippen LogP contribution in [0.4, 0.5) is 0 Å². The Hall–Kier alpha value is -3.12. The van der Waals surface area contributed by atoms with Crippen LogP contribution in [0.25, 0.3) is 28.0 Å². The third-order valence-corrected chi connectivity index (χ3v) is 6.02. The van der Waals surface area contributed by atoms with Gasteiger partial charge in [-0.2, -0.15) is 5.10 Å². The number of aryl methyl sites for hydroxylation is 1. The molecule has 1 saturated carbocycles. The van der Waals surface area contributed by atoms with Crippen LogP contribution < -0.4 is 0 Å². The molecule has 4 aromatic rings. The number of aromatic nitrogens is 5. The molecule has 4 heterocycles. The highest BCUT2D eigenvalue weighted by atomic mass is 16.5. The highest BCUT2D eigenvalue weighted by Crippen LogP contribution is 2.41. The summed E-state index contributed by atoms with van der Waals surface area (Å²) in [6.07, 6.45) is 8.72. The Morgan fingerprint density at radius 1 is 1.10 bits per heavy atom. The van der Waals surface area contributed by atoms with E-state index in [2.05, 4.69) is 37.0 Å². The molecule has 0 amide bonds. The molecule has 158 valence electrons. The van der Waals surface area contributed by atoms with Crippen molar-refractivity contribution in [3.8, 4) is 22.4 Å². The summed E-state index contributed by atoms with van der Waals surface area (Å²) in [4.78, 5) is 13.8. The minimum Gasteiger partial charge on any atom is -0.378 e. The van der Waals surface area contributed by atoms with Crippen molar-refractivity contribution < 1.29 is 4.74 Å². The van der Waals surface area contributed by atoms with Crippen LogP contribution in [-0.4, -0.2) is 37.3 Å². The fourth-order valence-electron chi connectivity index (χ4n) is 3.98. The first kappa shape index (κ1) is 19.8. The van der Waals surface area contributed by atoms with Crippen molar-refractivity contribution in [3.63, 3.8) is 0 Å². The zero-order valence-corrected chi connectivity index (χ0v) is 18.5. The normalized spacial score (nSPS) is 14.3.